The summed E-state index contributed by atoms with van der Waals surface area (Å²) >= 11 is 5.50. The first-order chi connectivity index (χ1) is 11.8. The van der Waals surface area contributed by atoms with Crippen LogP contribution in [-0.2, 0) is 0 Å². The summed E-state index contributed by atoms with van der Waals surface area (Å²) in [5.74, 6) is 0. The average Bonchev–Trinajstić information content (AvgIpc) is 2.83. The molecule has 4 rings (SSSR count). The summed E-state index contributed by atoms with van der Waals surface area (Å²) in [5.41, 5.74) is 3.95. The van der Waals surface area contributed by atoms with Crippen molar-refractivity contribution in [1.82, 2.24) is 0 Å². The molecule has 0 unspecified atom stereocenters. The van der Waals surface area contributed by atoms with Crippen molar-refractivity contribution in [2.75, 3.05) is 5.32 Å². The van der Waals surface area contributed by atoms with Gasteiger partial charge in [0.2, 0.25) is 0 Å². The van der Waals surface area contributed by atoms with Crippen molar-refractivity contribution in [3.63, 3.8) is 0 Å². The summed E-state index contributed by atoms with van der Waals surface area (Å²) in [6.45, 7) is 0. The van der Waals surface area contributed by atoms with Crippen molar-refractivity contribution in [2.24, 2.45) is 0 Å². The first-order valence-corrected chi connectivity index (χ1v) is 9.79. The molecule has 1 aliphatic heterocycles. The maximum absolute atomic E-state index is 3.76. The van der Waals surface area contributed by atoms with Gasteiger partial charge in [0, 0.05) is 20.3 Å². The average molecular weight is 396 g/mol. The lowest BCUT2D eigenvalue weighted by Gasteiger charge is -2.21. The number of hydrogen-bond donors (Lipinski definition) is 1. The number of benzene rings is 3. The number of hydrogen-bond acceptors (Lipinski definition) is 2. The number of nitrogens with one attached hydrogen (secondary N) is 1. The molecule has 1 nitrogen and oxygen atoms in total. The monoisotopic (exact) mass is 395 g/mol. The van der Waals surface area contributed by atoms with E-state index in [-0.39, 0.29) is 0 Å². The third-order valence-electron chi connectivity index (χ3n) is 4.38. The predicted molar refractivity (Wildman–Crippen MR) is 107 cm³/mol. The Morgan fingerprint density at radius 2 is 1.50 bits per heavy atom. The number of fused-ring (bicyclic) bond motifs is 1. The minimum atomic E-state index is 0.316. The van der Waals surface area contributed by atoms with E-state index < -0.39 is 0 Å². The molecule has 24 heavy (non-hydrogen) atoms. The van der Waals surface area contributed by atoms with Gasteiger partial charge in [-0.1, -0.05) is 70.5 Å². The highest BCUT2D eigenvalue weighted by molar-refractivity contribution is 9.10. The number of halogens is 1. The molecule has 0 radical (unpaired) electrons. The van der Waals surface area contributed by atoms with Crippen molar-refractivity contribution < 1.29 is 0 Å². The Balaban J connectivity index is 1.73. The quantitative estimate of drug-likeness (QED) is 0.509. The molecular weight excluding hydrogens is 378 g/mol. The highest BCUT2D eigenvalue weighted by Gasteiger charge is 2.25. The van der Waals surface area contributed by atoms with Crippen LogP contribution in [0.1, 0.15) is 28.8 Å². The van der Waals surface area contributed by atoms with Gasteiger partial charge in [0.1, 0.15) is 0 Å². The Labute approximate surface area is 155 Å². The smallest absolute Gasteiger partial charge is 0.0528 e. The van der Waals surface area contributed by atoms with E-state index in [1.807, 2.05) is 11.8 Å². The van der Waals surface area contributed by atoms with Gasteiger partial charge in [0.05, 0.1) is 6.04 Å². The Hall–Kier alpha value is -1.71. The molecule has 0 aromatic heterocycles. The fraction of sp³-hybridized carbons (Fsp3) is 0.143. The Kier molecular flexibility index (Phi) is 4.63. The van der Waals surface area contributed by atoms with Crippen LogP contribution in [0.15, 0.2) is 88.2 Å². The van der Waals surface area contributed by atoms with E-state index >= 15 is 0 Å². The van der Waals surface area contributed by atoms with Crippen LogP contribution in [0.25, 0.3) is 0 Å². The minimum absolute atomic E-state index is 0.316. The summed E-state index contributed by atoms with van der Waals surface area (Å²) in [6, 6.07) is 28.4. The van der Waals surface area contributed by atoms with Crippen molar-refractivity contribution in [2.45, 2.75) is 22.6 Å². The number of para-hydroxylation sites is 1. The van der Waals surface area contributed by atoms with Gasteiger partial charge in [-0.3, -0.25) is 0 Å². The van der Waals surface area contributed by atoms with Crippen LogP contribution in [0, 0.1) is 0 Å². The summed E-state index contributed by atoms with van der Waals surface area (Å²) in [6.07, 6.45) is 1.06. The zero-order valence-corrected chi connectivity index (χ0v) is 15.6. The Morgan fingerprint density at radius 1 is 0.792 bits per heavy atom. The van der Waals surface area contributed by atoms with Gasteiger partial charge < -0.3 is 5.32 Å². The van der Waals surface area contributed by atoms with Gasteiger partial charge in [-0.15, -0.1) is 11.8 Å². The molecule has 3 aromatic rings. The van der Waals surface area contributed by atoms with E-state index in [1.54, 1.807) is 0 Å². The van der Waals surface area contributed by atoms with Crippen molar-refractivity contribution >= 4 is 33.4 Å². The van der Waals surface area contributed by atoms with E-state index in [0.717, 1.165) is 10.9 Å². The fourth-order valence-corrected chi connectivity index (χ4v) is 4.70. The third-order valence-corrected chi connectivity index (χ3v) is 6.27. The molecule has 2 atom stereocenters. The van der Waals surface area contributed by atoms with Crippen molar-refractivity contribution in [3.8, 4) is 0 Å². The van der Waals surface area contributed by atoms with E-state index in [4.69, 9.17) is 0 Å². The van der Waals surface area contributed by atoms with E-state index in [1.165, 1.54) is 21.7 Å². The van der Waals surface area contributed by atoms with Crippen LogP contribution >= 0.6 is 27.7 Å². The maximum Gasteiger partial charge on any atom is 0.0528 e. The van der Waals surface area contributed by atoms with Crippen LogP contribution in [0.3, 0.4) is 0 Å². The van der Waals surface area contributed by atoms with Crippen LogP contribution in [0.2, 0.25) is 0 Å². The number of thioether (sulfide) groups is 1. The SMILES string of the molecule is Brc1ccc([C@@H]2C[C@@H](c3ccccc3)Nc3ccccc3S2)cc1. The second kappa shape index (κ2) is 7.04. The van der Waals surface area contributed by atoms with Crippen LogP contribution < -0.4 is 5.32 Å². The molecule has 3 aromatic carbocycles. The van der Waals surface area contributed by atoms with E-state index in [0.29, 0.717) is 11.3 Å². The molecule has 0 saturated heterocycles. The van der Waals surface area contributed by atoms with Crippen LogP contribution in [-0.4, -0.2) is 0 Å². The lowest BCUT2D eigenvalue weighted by atomic mass is 9.98. The predicted octanol–water partition coefficient (Wildman–Crippen LogP) is 6.84. The lowest BCUT2D eigenvalue weighted by Crippen LogP contribution is -2.11. The first kappa shape index (κ1) is 15.8. The highest BCUT2D eigenvalue weighted by Crippen LogP contribution is 2.48. The minimum Gasteiger partial charge on any atom is -0.377 e. The van der Waals surface area contributed by atoms with Gasteiger partial charge in [-0.25, -0.2) is 0 Å². The molecule has 1 heterocycles. The van der Waals surface area contributed by atoms with Crippen molar-refractivity contribution in [3.05, 3.63) is 94.5 Å². The lowest BCUT2D eigenvalue weighted by molar-refractivity contribution is 0.687. The zero-order chi connectivity index (χ0) is 16.4. The summed E-state index contributed by atoms with van der Waals surface area (Å²) < 4.78 is 1.13. The normalized spacial score (nSPS) is 19.9. The summed E-state index contributed by atoms with van der Waals surface area (Å²) in [5, 5.41) is 4.19. The second-order valence-electron chi connectivity index (χ2n) is 6.00. The standard InChI is InChI=1S/C21H18BrNS/c22-17-12-10-16(11-13-17)21-14-19(15-6-2-1-3-7-15)23-18-8-4-5-9-20(18)24-21/h1-13,19,21,23H,14H2/t19-,21-/m0/s1. The van der Waals surface area contributed by atoms with Crippen LogP contribution in [0.5, 0.6) is 0 Å². The van der Waals surface area contributed by atoms with Gasteiger partial charge in [0.25, 0.3) is 0 Å². The largest absolute Gasteiger partial charge is 0.377 e. The number of anilines is 1. The summed E-state index contributed by atoms with van der Waals surface area (Å²) in [7, 11) is 0. The molecule has 0 aliphatic carbocycles. The van der Waals surface area contributed by atoms with E-state index in [9.17, 15) is 0 Å². The van der Waals surface area contributed by atoms with E-state index in [2.05, 4.69) is 100 Å². The fourth-order valence-electron chi connectivity index (χ4n) is 3.14. The summed E-state index contributed by atoms with van der Waals surface area (Å²) in [4.78, 5) is 1.32. The molecular formula is C21H18BrNS. The van der Waals surface area contributed by atoms with Gasteiger partial charge in [-0.2, -0.15) is 0 Å². The van der Waals surface area contributed by atoms with Gasteiger partial charge >= 0.3 is 0 Å². The van der Waals surface area contributed by atoms with Crippen molar-refractivity contribution in [1.29, 1.82) is 0 Å². The number of rotatable bonds is 2. The molecule has 120 valence electrons. The third kappa shape index (κ3) is 3.38. The molecule has 0 fully saturated rings. The second-order valence-corrected chi connectivity index (χ2v) is 8.16. The maximum atomic E-state index is 3.76. The molecule has 3 heteroatoms. The first-order valence-electron chi connectivity index (χ1n) is 8.12. The van der Waals surface area contributed by atoms with Gasteiger partial charge in [0.15, 0.2) is 0 Å². The molecule has 1 aliphatic rings. The van der Waals surface area contributed by atoms with Gasteiger partial charge in [-0.05, 0) is 41.8 Å². The topological polar surface area (TPSA) is 12.0 Å². The van der Waals surface area contributed by atoms with Crippen LogP contribution in [0.4, 0.5) is 5.69 Å². The molecule has 1 N–H and O–H groups in total. The zero-order valence-electron chi connectivity index (χ0n) is 13.2. The Bertz CT molecular complexity index is 817. The molecule has 0 bridgehead atoms. The molecule has 0 amide bonds. The molecule has 0 spiro atoms. The molecule has 0 saturated carbocycles. The Morgan fingerprint density at radius 3 is 2.29 bits per heavy atom. The highest BCUT2D eigenvalue weighted by atomic mass is 79.9.